The number of aryl methyl sites for hydroxylation is 8. The van der Waals surface area contributed by atoms with Gasteiger partial charge in [0.05, 0.1) is 7.11 Å². The number of hydrogen-bond donors (Lipinski definition) is 1. The minimum atomic E-state index is -1.16. The Morgan fingerprint density at radius 2 is 0.981 bits per heavy atom. The zero-order valence-corrected chi connectivity index (χ0v) is 34.1. The lowest BCUT2D eigenvalue weighted by Crippen LogP contribution is -2.25. The van der Waals surface area contributed by atoms with Crippen molar-refractivity contribution in [2.45, 2.75) is 69.2 Å². The van der Waals surface area contributed by atoms with Crippen molar-refractivity contribution in [1.29, 1.82) is 0 Å². The second kappa shape index (κ2) is 15.3. The quantitative estimate of drug-likeness (QED) is 0.154. The number of phenolic OH excluding ortho intramolecular Hbond substituents is 1. The fourth-order valence-corrected chi connectivity index (χ4v) is 13.3. The van der Waals surface area contributed by atoms with E-state index in [0.29, 0.717) is 17.3 Å². The van der Waals surface area contributed by atoms with Gasteiger partial charge in [-0.2, -0.15) is 0 Å². The van der Waals surface area contributed by atoms with Crippen LogP contribution in [-0.2, 0) is 9.47 Å². The van der Waals surface area contributed by atoms with E-state index in [1.807, 2.05) is 13.0 Å². The first-order valence-electron chi connectivity index (χ1n) is 17.8. The number of rotatable bonds is 9. The maximum atomic E-state index is 12.5. The molecule has 0 saturated carbocycles. The van der Waals surface area contributed by atoms with Crippen molar-refractivity contribution in [3.05, 3.63) is 152 Å². The molecule has 4 nitrogen and oxygen atoms in total. The predicted molar refractivity (Wildman–Crippen MR) is 223 cm³/mol. The number of ether oxygens (including phenoxy) is 3. The van der Waals surface area contributed by atoms with Crippen molar-refractivity contribution in [2.24, 2.45) is 0 Å². The number of methoxy groups -OCH3 is 1. The Kier molecular flexibility index (Phi) is 11.0. The van der Waals surface area contributed by atoms with E-state index in [1.54, 1.807) is 7.11 Å². The summed E-state index contributed by atoms with van der Waals surface area (Å²) >= 11 is 0. The summed E-state index contributed by atoms with van der Waals surface area (Å²) in [7, 11) is -0.644. The molecule has 1 aliphatic heterocycles. The van der Waals surface area contributed by atoms with E-state index < -0.39 is 15.8 Å². The Hall–Kier alpha value is -4.36. The van der Waals surface area contributed by atoms with Crippen molar-refractivity contribution in [3.8, 4) is 11.5 Å². The van der Waals surface area contributed by atoms with Crippen molar-refractivity contribution in [2.75, 3.05) is 13.9 Å². The van der Waals surface area contributed by atoms with Crippen LogP contribution in [0.15, 0.2) is 102 Å². The van der Waals surface area contributed by atoms with Gasteiger partial charge in [0, 0.05) is 11.1 Å². The molecule has 1 heterocycles. The third-order valence-corrected chi connectivity index (χ3v) is 14.3. The van der Waals surface area contributed by atoms with E-state index in [2.05, 4.69) is 141 Å². The smallest absolute Gasteiger partial charge is 0.230 e. The van der Waals surface area contributed by atoms with Crippen LogP contribution in [0.5, 0.6) is 11.5 Å². The minimum absolute atomic E-state index is 0.0993. The molecule has 0 aromatic heterocycles. The van der Waals surface area contributed by atoms with Gasteiger partial charge < -0.3 is 19.3 Å². The zero-order valence-electron chi connectivity index (χ0n) is 32.4. The Morgan fingerprint density at radius 1 is 0.577 bits per heavy atom. The average molecular weight is 729 g/mol. The molecule has 0 spiro atoms. The summed E-state index contributed by atoms with van der Waals surface area (Å²) in [6, 6.07) is 31.4. The van der Waals surface area contributed by atoms with Gasteiger partial charge in [0.25, 0.3) is 0 Å². The Bertz CT molecular complexity index is 2060. The fourth-order valence-electron chi connectivity index (χ4n) is 7.60. The molecule has 0 bridgehead atoms. The normalized spacial score (nSPS) is 13.4. The Labute approximate surface area is 312 Å². The zero-order chi connectivity index (χ0) is 37.4. The molecular weight excluding hydrogens is 678 g/mol. The van der Waals surface area contributed by atoms with E-state index in [-0.39, 0.29) is 12.5 Å². The molecule has 6 rings (SSSR count). The monoisotopic (exact) mass is 728 g/mol. The highest BCUT2D eigenvalue weighted by Crippen LogP contribution is 2.53. The summed E-state index contributed by atoms with van der Waals surface area (Å²) in [6.45, 7) is 21.6. The fraction of sp³-hybridized carbons (Fsp3) is 0.261. The lowest BCUT2D eigenvalue weighted by Gasteiger charge is -2.29. The first kappa shape index (κ1) is 37.4. The molecule has 0 unspecified atom stereocenters. The molecule has 0 fully saturated rings. The largest absolute Gasteiger partial charge is 0.504 e. The van der Waals surface area contributed by atoms with Gasteiger partial charge in [-0.1, -0.05) is 117 Å². The second-order valence-corrected chi connectivity index (χ2v) is 18.9. The van der Waals surface area contributed by atoms with Gasteiger partial charge in [0.2, 0.25) is 6.79 Å². The Morgan fingerprint density at radius 3 is 1.35 bits per heavy atom. The summed E-state index contributed by atoms with van der Waals surface area (Å²) in [5, 5.41) is 19.6. The molecule has 52 heavy (non-hydrogen) atoms. The maximum absolute atomic E-state index is 12.5. The van der Waals surface area contributed by atoms with Gasteiger partial charge in [0.15, 0.2) is 17.3 Å². The van der Waals surface area contributed by atoms with E-state index in [0.717, 1.165) is 21.8 Å². The first-order valence-corrected chi connectivity index (χ1v) is 20.4. The van der Waals surface area contributed by atoms with Crippen LogP contribution in [0.3, 0.4) is 0 Å². The first-order chi connectivity index (χ1) is 24.7. The lowest BCUT2D eigenvalue weighted by atomic mass is 10.0. The van der Waals surface area contributed by atoms with Crippen molar-refractivity contribution in [3.63, 3.8) is 0 Å². The second-order valence-electron chi connectivity index (χ2n) is 14.3. The lowest BCUT2D eigenvalue weighted by molar-refractivity contribution is 0.0758. The molecule has 5 aromatic rings. The van der Waals surface area contributed by atoms with Crippen LogP contribution in [0.25, 0.3) is 5.57 Å². The molecule has 1 N–H and O–H groups in total. The van der Waals surface area contributed by atoms with Crippen molar-refractivity contribution in [1.82, 2.24) is 0 Å². The standard InChI is InChI=1S/C46H50O4P2/c1-27-14-28(2)19-37(18-27)51(38-20-29(3)15-30(4)21-38)36(10)43(46-35(9)49-26-50-46)44-42(13-12-41(48-11)45(44)47)52(39-22-31(5)16-32(6)23-39)40-24-33(7)17-34(8)25-40/h12-25,47H,26H2,1-11H3/b43-36+. The van der Waals surface area contributed by atoms with Gasteiger partial charge >= 0.3 is 0 Å². The average Bonchev–Trinajstić information content (AvgIpc) is 3.46. The predicted octanol–water partition coefficient (Wildman–Crippen LogP) is 9.73. The van der Waals surface area contributed by atoms with E-state index in [9.17, 15) is 5.11 Å². The van der Waals surface area contributed by atoms with E-state index >= 15 is 0 Å². The van der Waals surface area contributed by atoms with Crippen LogP contribution in [0.1, 0.15) is 63.9 Å². The van der Waals surface area contributed by atoms with Crippen LogP contribution in [-0.4, -0.2) is 19.0 Å². The molecule has 6 heteroatoms. The number of allylic oxidation sites excluding steroid dienone is 3. The SMILES string of the molecule is COc1ccc(P(c2cc(C)cc(C)c2)c2cc(C)cc(C)c2)c(/C(C2=C(C)OCO2)=C(/C)P(c2cc(C)cc(C)c2)c2cc(C)cc(C)c2)c1O. The highest BCUT2D eigenvalue weighted by atomic mass is 31.1. The summed E-state index contributed by atoms with van der Waals surface area (Å²) in [6.07, 6.45) is 0. The van der Waals surface area contributed by atoms with Gasteiger partial charge in [-0.25, -0.2) is 0 Å². The molecule has 5 aromatic carbocycles. The summed E-state index contributed by atoms with van der Waals surface area (Å²) in [4.78, 5) is 0. The Balaban J connectivity index is 1.79. The minimum Gasteiger partial charge on any atom is -0.504 e. The summed E-state index contributed by atoms with van der Waals surface area (Å²) in [5.74, 6) is 1.86. The number of benzene rings is 5. The van der Waals surface area contributed by atoms with Gasteiger partial charge in [-0.15, -0.1) is 0 Å². The van der Waals surface area contributed by atoms with Crippen LogP contribution in [0.2, 0.25) is 0 Å². The molecule has 268 valence electrons. The van der Waals surface area contributed by atoms with Gasteiger partial charge in [0.1, 0.15) is 5.76 Å². The molecule has 0 atom stereocenters. The van der Waals surface area contributed by atoms with Crippen molar-refractivity contribution < 1.29 is 19.3 Å². The van der Waals surface area contributed by atoms with Crippen LogP contribution in [0, 0.1) is 55.4 Å². The summed E-state index contributed by atoms with van der Waals surface area (Å²) in [5.41, 5.74) is 11.3. The number of hydrogen-bond acceptors (Lipinski definition) is 4. The molecule has 1 aliphatic rings. The van der Waals surface area contributed by atoms with Gasteiger partial charge in [-0.05, 0) is 129 Å². The molecule has 0 amide bonds. The van der Waals surface area contributed by atoms with E-state index in [1.165, 1.54) is 65.7 Å². The maximum Gasteiger partial charge on any atom is 0.230 e. The van der Waals surface area contributed by atoms with Crippen LogP contribution in [0.4, 0.5) is 0 Å². The molecule has 0 saturated heterocycles. The third kappa shape index (κ3) is 7.71. The van der Waals surface area contributed by atoms with Crippen LogP contribution < -0.4 is 31.3 Å². The highest BCUT2D eigenvalue weighted by Gasteiger charge is 2.34. The summed E-state index contributed by atoms with van der Waals surface area (Å²) < 4.78 is 18.3. The van der Waals surface area contributed by atoms with Crippen LogP contribution >= 0.6 is 15.8 Å². The van der Waals surface area contributed by atoms with Crippen molar-refractivity contribution >= 4 is 47.9 Å². The molecule has 0 aliphatic carbocycles. The van der Waals surface area contributed by atoms with E-state index in [4.69, 9.17) is 14.2 Å². The topological polar surface area (TPSA) is 47.9 Å². The molecule has 0 radical (unpaired) electrons. The molecular formula is C46H50O4P2. The third-order valence-electron chi connectivity index (χ3n) is 9.41. The highest BCUT2D eigenvalue weighted by molar-refractivity contribution is 7.80. The van der Waals surface area contributed by atoms with Gasteiger partial charge in [-0.3, -0.25) is 0 Å². The number of phenols is 1. The number of aromatic hydroxyl groups is 1.